The molecule has 0 saturated heterocycles. The summed E-state index contributed by atoms with van der Waals surface area (Å²) in [6, 6.07) is 5.02. The van der Waals surface area contributed by atoms with Crippen molar-refractivity contribution < 1.29 is 9.18 Å². The summed E-state index contributed by atoms with van der Waals surface area (Å²) in [6.07, 6.45) is 0. The fourth-order valence-electron chi connectivity index (χ4n) is 1.80. The summed E-state index contributed by atoms with van der Waals surface area (Å²) < 4.78 is 14.6. The zero-order valence-electron chi connectivity index (χ0n) is 11.4. The Kier molecular flexibility index (Phi) is 3.62. The molecule has 2 rings (SSSR count). The summed E-state index contributed by atoms with van der Waals surface area (Å²) in [5.41, 5.74) is 4.19. The maximum absolute atomic E-state index is 12.8. The molecular formula is C13H13FN4O3. The van der Waals surface area contributed by atoms with Crippen molar-refractivity contribution in [3.63, 3.8) is 0 Å². The number of aromatic nitrogens is 2. The minimum Gasteiger partial charge on any atom is -0.384 e. The topological polar surface area (TPSA) is 99.1 Å². The first-order valence-electron chi connectivity index (χ1n) is 5.95. The number of nitrogen functional groups attached to an aromatic ring is 1. The van der Waals surface area contributed by atoms with Gasteiger partial charge in [-0.05, 0) is 24.3 Å². The van der Waals surface area contributed by atoms with Crippen molar-refractivity contribution in [2.24, 2.45) is 14.1 Å². The molecule has 0 bridgehead atoms. The third kappa shape index (κ3) is 2.55. The van der Waals surface area contributed by atoms with E-state index < -0.39 is 23.0 Å². The van der Waals surface area contributed by atoms with Gasteiger partial charge in [0.05, 0.1) is 0 Å². The first-order chi connectivity index (χ1) is 9.82. The first kappa shape index (κ1) is 14.5. The molecule has 0 aliphatic rings. The zero-order chi connectivity index (χ0) is 15.7. The second kappa shape index (κ2) is 5.23. The van der Waals surface area contributed by atoms with Crippen LogP contribution in [-0.2, 0) is 14.1 Å². The number of nitrogens with zero attached hydrogens (tertiary/aromatic N) is 2. The number of rotatable bonds is 2. The summed E-state index contributed by atoms with van der Waals surface area (Å²) >= 11 is 0. The molecule has 110 valence electrons. The molecule has 0 fully saturated rings. The molecule has 0 aliphatic carbocycles. The van der Waals surface area contributed by atoms with Crippen LogP contribution in [0.2, 0.25) is 0 Å². The lowest BCUT2D eigenvalue weighted by Crippen LogP contribution is -2.42. The molecule has 0 saturated carbocycles. The summed E-state index contributed by atoms with van der Waals surface area (Å²) in [4.78, 5) is 35.8. The summed E-state index contributed by atoms with van der Waals surface area (Å²) in [5.74, 6) is -1.46. The molecule has 0 spiro atoms. The third-order valence-electron chi connectivity index (χ3n) is 3.04. The Bertz CT molecular complexity index is 821. The number of carbonyl (C=O) groups excluding carboxylic acids is 1. The Morgan fingerprint density at radius 2 is 1.71 bits per heavy atom. The van der Waals surface area contributed by atoms with Crippen molar-refractivity contribution in [1.29, 1.82) is 0 Å². The van der Waals surface area contributed by atoms with Gasteiger partial charge in [-0.1, -0.05) is 0 Å². The van der Waals surface area contributed by atoms with E-state index >= 15 is 0 Å². The van der Waals surface area contributed by atoms with Gasteiger partial charge in [0.1, 0.15) is 17.2 Å². The molecule has 2 aromatic rings. The van der Waals surface area contributed by atoms with Crippen molar-refractivity contribution in [3.8, 4) is 0 Å². The molecule has 8 heteroatoms. The van der Waals surface area contributed by atoms with Crippen molar-refractivity contribution in [2.75, 3.05) is 11.1 Å². The standard InChI is InChI=1S/C13H13FN4O3/c1-17-10(15)9(12(20)18(2)13(17)21)11(19)16-8-5-3-7(14)4-6-8/h3-6H,15H2,1-2H3,(H,16,19). The number of anilines is 2. The Labute approximate surface area is 118 Å². The SMILES string of the molecule is Cn1c(N)c(C(=O)Nc2ccc(F)cc2)c(=O)n(C)c1=O. The van der Waals surface area contributed by atoms with Crippen LogP contribution in [0.15, 0.2) is 33.9 Å². The molecular weight excluding hydrogens is 279 g/mol. The fraction of sp³-hybridized carbons (Fsp3) is 0.154. The maximum Gasteiger partial charge on any atom is 0.332 e. The largest absolute Gasteiger partial charge is 0.384 e. The van der Waals surface area contributed by atoms with Gasteiger partial charge in [-0.25, -0.2) is 9.18 Å². The monoisotopic (exact) mass is 292 g/mol. The zero-order valence-corrected chi connectivity index (χ0v) is 11.4. The van der Waals surface area contributed by atoms with Crippen LogP contribution in [0, 0.1) is 5.82 Å². The normalized spacial score (nSPS) is 10.4. The lowest BCUT2D eigenvalue weighted by atomic mass is 10.2. The minimum atomic E-state index is -0.796. The summed E-state index contributed by atoms with van der Waals surface area (Å²) in [6.45, 7) is 0. The maximum atomic E-state index is 12.8. The Morgan fingerprint density at radius 3 is 2.29 bits per heavy atom. The van der Waals surface area contributed by atoms with Crippen LogP contribution in [0.3, 0.4) is 0 Å². The number of carbonyl (C=O) groups is 1. The Hall–Kier alpha value is -2.90. The molecule has 7 nitrogen and oxygen atoms in total. The molecule has 1 amide bonds. The molecule has 0 aliphatic heterocycles. The third-order valence-corrected chi connectivity index (χ3v) is 3.04. The van der Waals surface area contributed by atoms with E-state index in [1.54, 1.807) is 0 Å². The van der Waals surface area contributed by atoms with E-state index in [1.165, 1.54) is 26.2 Å². The minimum absolute atomic E-state index is 0.234. The highest BCUT2D eigenvalue weighted by Gasteiger charge is 2.20. The second-order valence-electron chi connectivity index (χ2n) is 4.43. The van der Waals surface area contributed by atoms with E-state index in [1.807, 2.05) is 0 Å². The van der Waals surface area contributed by atoms with Gasteiger partial charge in [-0.15, -0.1) is 0 Å². The van der Waals surface area contributed by atoms with E-state index in [2.05, 4.69) is 5.32 Å². The van der Waals surface area contributed by atoms with E-state index in [9.17, 15) is 18.8 Å². The smallest absolute Gasteiger partial charge is 0.332 e. The number of hydrogen-bond acceptors (Lipinski definition) is 4. The number of hydrogen-bond donors (Lipinski definition) is 2. The van der Waals surface area contributed by atoms with Crippen LogP contribution in [-0.4, -0.2) is 15.0 Å². The lowest BCUT2D eigenvalue weighted by molar-refractivity contribution is 0.102. The predicted octanol–water partition coefficient (Wildman–Crippen LogP) is 0.0576. The van der Waals surface area contributed by atoms with Crippen LogP contribution >= 0.6 is 0 Å². The number of nitrogens with one attached hydrogen (secondary N) is 1. The van der Waals surface area contributed by atoms with Crippen LogP contribution in [0.1, 0.15) is 10.4 Å². The number of amides is 1. The van der Waals surface area contributed by atoms with Crippen LogP contribution < -0.4 is 22.3 Å². The molecule has 1 aromatic heterocycles. The Morgan fingerprint density at radius 1 is 1.14 bits per heavy atom. The average molecular weight is 292 g/mol. The van der Waals surface area contributed by atoms with Gasteiger partial charge in [0.15, 0.2) is 0 Å². The highest BCUT2D eigenvalue weighted by molar-refractivity contribution is 6.06. The summed E-state index contributed by atoms with van der Waals surface area (Å²) in [5, 5.41) is 2.43. The van der Waals surface area contributed by atoms with E-state index in [4.69, 9.17) is 5.73 Å². The predicted molar refractivity (Wildman–Crippen MR) is 75.7 cm³/mol. The Balaban J connectivity index is 2.47. The van der Waals surface area contributed by atoms with Crippen molar-refractivity contribution in [2.45, 2.75) is 0 Å². The highest BCUT2D eigenvalue weighted by Crippen LogP contribution is 2.11. The number of nitrogens with two attached hydrogens (primary N) is 1. The number of benzene rings is 1. The quantitative estimate of drug-likeness (QED) is 0.817. The molecule has 0 atom stereocenters. The van der Waals surface area contributed by atoms with Gasteiger partial charge in [0.2, 0.25) is 0 Å². The van der Waals surface area contributed by atoms with Gasteiger partial charge in [-0.2, -0.15) is 0 Å². The van der Waals surface area contributed by atoms with Gasteiger partial charge >= 0.3 is 5.69 Å². The first-order valence-corrected chi connectivity index (χ1v) is 5.95. The molecule has 21 heavy (non-hydrogen) atoms. The van der Waals surface area contributed by atoms with Crippen molar-refractivity contribution in [1.82, 2.24) is 9.13 Å². The lowest BCUT2D eigenvalue weighted by Gasteiger charge is -2.11. The molecule has 1 heterocycles. The second-order valence-corrected chi connectivity index (χ2v) is 4.43. The van der Waals surface area contributed by atoms with Crippen molar-refractivity contribution >= 4 is 17.4 Å². The van der Waals surface area contributed by atoms with Crippen LogP contribution in [0.5, 0.6) is 0 Å². The molecule has 1 aromatic carbocycles. The van der Waals surface area contributed by atoms with Crippen LogP contribution in [0.25, 0.3) is 0 Å². The molecule has 0 unspecified atom stereocenters. The van der Waals surface area contributed by atoms with E-state index in [-0.39, 0.29) is 11.4 Å². The van der Waals surface area contributed by atoms with Crippen LogP contribution in [0.4, 0.5) is 15.9 Å². The van der Waals surface area contributed by atoms with E-state index in [0.717, 1.165) is 21.3 Å². The van der Waals surface area contributed by atoms with Gasteiger partial charge in [0.25, 0.3) is 11.5 Å². The van der Waals surface area contributed by atoms with Gasteiger partial charge in [-0.3, -0.25) is 18.7 Å². The molecule has 3 N–H and O–H groups in total. The van der Waals surface area contributed by atoms with Gasteiger partial charge in [0, 0.05) is 19.8 Å². The van der Waals surface area contributed by atoms with Gasteiger partial charge < -0.3 is 11.1 Å². The fourth-order valence-corrected chi connectivity index (χ4v) is 1.80. The van der Waals surface area contributed by atoms with Crippen molar-refractivity contribution in [3.05, 3.63) is 56.5 Å². The molecule has 0 radical (unpaired) electrons. The van der Waals surface area contributed by atoms with E-state index in [0.29, 0.717) is 5.69 Å². The summed E-state index contributed by atoms with van der Waals surface area (Å²) in [7, 11) is 2.60. The number of halogens is 1. The highest BCUT2D eigenvalue weighted by atomic mass is 19.1. The average Bonchev–Trinajstić information content (AvgIpc) is 2.46.